The van der Waals surface area contributed by atoms with Gasteiger partial charge in [-0.15, -0.1) is 10.2 Å². The molecule has 0 aliphatic carbocycles. The van der Waals surface area contributed by atoms with Crippen molar-refractivity contribution in [2.75, 3.05) is 20.8 Å². The first-order chi connectivity index (χ1) is 16.0. The van der Waals surface area contributed by atoms with E-state index in [-0.39, 0.29) is 19.0 Å². The van der Waals surface area contributed by atoms with Crippen LogP contribution < -0.4 is 9.47 Å². The van der Waals surface area contributed by atoms with Gasteiger partial charge in [-0.2, -0.15) is 0 Å². The predicted octanol–water partition coefficient (Wildman–Crippen LogP) is 4.61. The molecule has 0 bridgehead atoms. The minimum Gasteiger partial charge on any atom is -0.493 e. The Labute approximate surface area is 197 Å². The number of aromatic nitrogens is 3. The number of carbonyl (C=O) groups excluding carboxylic acids is 1. The maximum absolute atomic E-state index is 12.5. The number of fused-ring (bicyclic) bond motifs is 3. The van der Waals surface area contributed by atoms with Gasteiger partial charge in [-0.1, -0.05) is 30.7 Å². The quantitative estimate of drug-likeness (QED) is 0.465. The zero-order valence-corrected chi connectivity index (χ0v) is 19.8. The summed E-state index contributed by atoms with van der Waals surface area (Å²) < 4.78 is 25.0. The number of ether oxygens (including phenoxy) is 4. The van der Waals surface area contributed by atoms with Crippen molar-refractivity contribution in [3.63, 3.8) is 0 Å². The highest BCUT2D eigenvalue weighted by Gasteiger charge is 2.36. The fraction of sp³-hybridized carbons (Fsp3) is 0.375. The van der Waals surface area contributed by atoms with Crippen molar-refractivity contribution in [1.29, 1.82) is 0 Å². The first kappa shape index (κ1) is 23.1. The summed E-state index contributed by atoms with van der Waals surface area (Å²) in [6, 6.07) is 11.2. The number of carbonyl (C=O) groups is 1. The highest BCUT2D eigenvalue weighted by molar-refractivity contribution is 6.30. The SMILES string of the molecule is CCOC(=O)CC1OC(c2cccc(OC)c2OC)c2cc(Cl)ccc2-n2c(CC)nnc21. The van der Waals surface area contributed by atoms with Crippen molar-refractivity contribution in [1.82, 2.24) is 14.8 Å². The average molecular weight is 472 g/mol. The van der Waals surface area contributed by atoms with Gasteiger partial charge in [-0.25, -0.2) is 0 Å². The lowest BCUT2D eigenvalue weighted by molar-refractivity contribution is -0.147. The van der Waals surface area contributed by atoms with E-state index in [2.05, 4.69) is 10.2 Å². The molecule has 174 valence electrons. The number of aryl methyl sites for hydroxylation is 1. The Kier molecular flexibility index (Phi) is 6.85. The number of nitrogens with zero attached hydrogens (tertiary/aromatic N) is 3. The maximum atomic E-state index is 12.5. The topological polar surface area (TPSA) is 84.7 Å². The summed E-state index contributed by atoms with van der Waals surface area (Å²) in [6.07, 6.45) is -0.687. The van der Waals surface area contributed by atoms with Crippen LogP contribution >= 0.6 is 11.6 Å². The molecule has 2 aromatic carbocycles. The Morgan fingerprint density at radius 2 is 1.94 bits per heavy atom. The molecule has 0 saturated carbocycles. The maximum Gasteiger partial charge on any atom is 0.308 e. The van der Waals surface area contributed by atoms with E-state index < -0.39 is 12.2 Å². The van der Waals surface area contributed by atoms with Gasteiger partial charge in [-0.3, -0.25) is 9.36 Å². The Morgan fingerprint density at radius 1 is 1.12 bits per heavy atom. The second-order valence-corrected chi connectivity index (χ2v) is 7.90. The summed E-state index contributed by atoms with van der Waals surface area (Å²) in [6.45, 7) is 4.05. The standard InChI is InChI=1S/C24H26ClN3O5/c1-5-20-26-27-24-19(13-21(29)32-6-2)33-22(15-8-7-9-18(30-3)23(15)31-4)16-12-14(25)10-11-17(16)28(20)24/h7-12,19,22H,5-6,13H2,1-4H3. The number of esters is 1. The average Bonchev–Trinajstić information content (AvgIpc) is 3.20. The van der Waals surface area contributed by atoms with Gasteiger partial charge in [0.05, 0.1) is 32.9 Å². The van der Waals surface area contributed by atoms with Gasteiger partial charge < -0.3 is 18.9 Å². The lowest BCUT2D eigenvalue weighted by Crippen LogP contribution is -2.17. The van der Waals surface area contributed by atoms with Crippen LogP contribution in [0.15, 0.2) is 36.4 Å². The van der Waals surface area contributed by atoms with Crippen molar-refractivity contribution in [3.05, 3.63) is 64.2 Å². The molecule has 1 aliphatic heterocycles. The molecular formula is C24H26ClN3O5. The van der Waals surface area contributed by atoms with Crippen LogP contribution in [0.4, 0.5) is 0 Å². The summed E-state index contributed by atoms with van der Waals surface area (Å²) in [5.41, 5.74) is 2.37. The number of methoxy groups -OCH3 is 2. The molecule has 2 unspecified atom stereocenters. The fourth-order valence-electron chi connectivity index (χ4n) is 4.14. The fourth-order valence-corrected chi connectivity index (χ4v) is 4.32. The van der Waals surface area contributed by atoms with E-state index in [9.17, 15) is 4.79 Å². The third-order valence-electron chi connectivity index (χ3n) is 5.55. The van der Waals surface area contributed by atoms with Crippen molar-refractivity contribution < 1.29 is 23.7 Å². The number of benzene rings is 2. The van der Waals surface area contributed by atoms with Gasteiger partial charge in [0.1, 0.15) is 18.0 Å². The third kappa shape index (κ3) is 4.28. The molecule has 0 radical (unpaired) electrons. The highest BCUT2D eigenvalue weighted by atomic mass is 35.5. The van der Waals surface area contributed by atoms with Crippen LogP contribution in [-0.4, -0.2) is 41.6 Å². The van der Waals surface area contributed by atoms with Crippen LogP contribution in [0.25, 0.3) is 5.69 Å². The molecule has 0 saturated heterocycles. The highest BCUT2D eigenvalue weighted by Crippen LogP contribution is 2.46. The van der Waals surface area contributed by atoms with Crippen LogP contribution in [0, 0.1) is 0 Å². The van der Waals surface area contributed by atoms with E-state index >= 15 is 0 Å². The number of para-hydroxylation sites is 1. The smallest absolute Gasteiger partial charge is 0.308 e. The summed E-state index contributed by atoms with van der Waals surface area (Å²) in [5.74, 6) is 2.02. The predicted molar refractivity (Wildman–Crippen MR) is 122 cm³/mol. The molecule has 8 nitrogen and oxygen atoms in total. The Hall–Kier alpha value is -3.10. The van der Waals surface area contributed by atoms with E-state index in [1.807, 2.05) is 47.9 Å². The number of rotatable bonds is 7. The molecule has 0 fully saturated rings. The van der Waals surface area contributed by atoms with Gasteiger partial charge >= 0.3 is 5.97 Å². The lowest BCUT2D eigenvalue weighted by Gasteiger charge is -2.24. The van der Waals surface area contributed by atoms with Crippen molar-refractivity contribution >= 4 is 17.6 Å². The molecule has 2 heterocycles. The molecule has 2 atom stereocenters. The van der Waals surface area contributed by atoms with Crippen molar-refractivity contribution in [3.8, 4) is 17.2 Å². The Balaban J connectivity index is 1.95. The number of hydrogen-bond acceptors (Lipinski definition) is 7. The van der Waals surface area contributed by atoms with Gasteiger partial charge in [0.25, 0.3) is 0 Å². The molecular weight excluding hydrogens is 446 g/mol. The van der Waals surface area contributed by atoms with E-state index in [4.69, 9.17) is 30.5 Å². The van der Waals surface area contributed by atoms with E-state index in [1.54, 1.807) is 21.1 Å². The Morgan fingerprint density at radius 3 is 2.64 bits per heavy atom. The summed E-state index contributed by atoms with van der Waals surface area (Å²) in [4.78, 5) is 12.5. The molecule has 1 aliphatic rings. The lowest BCUT2D eigenvalue weighted by atomic mass is 9.98. The van der Waals surface area contributed by atoms with E-state index in [0.717, 1.165) is 22.6 Å². The van der Waals surface area contributed by atoms with Crippen molar-refractivity contribution in [2.45, 2.75) is 38.9 Å². The van der Waals surface area contributed by atoms with E-state index in [1.165, 1.54) is 0 Å². The van der Waals surface area contributed by atoms with Gasteiger partial charge in [-0.05, 0) is 31.2 Å². The summed E-state index contributed by atoms with van der Waals surface area (Å²) in [5, 5.41) is 9.30. The van der Waals surface area contributed by atoms with Gasteiger partial charge in [0, 0.05) is 22.6 Å². The van der Waals surface area contributed by atoms with Gasteiger partial charge in [0.2, 0.25) is 0 Å². The van der Waals surface area contributed by atoms with Crippen LogP contribution in [0.3, 0.4) is 0 Å². The number of hydrogen-bond donors (Lipinski definition) is 0. The largest absolute Gasteiger partial charge is 0.493 e. The second-order valence-electron chi connectivity index (χ2n) is 7.46. The van der Waals surface area contributed by atoms with E-state index in [0.29, 0.717) is 28.8 Å². The summed E-state index contributed by atoms with van der Waals surface area (Å²) in [7, 11) is 3.16. The molecule has 3 aromatic rings. The minimum absolute atomic E-state index is 0.0137. The number of halogens is 1. The van der Waals surface area contributed by atoms with Crippen LogP contribution in [0.5, 0.6) is 11.5 Å². The van der Waals surface area contributed by atoms with Crippen LogP contribution in [-0.2, 0) is 20.7 Å². The first-order valence-corrected chi connectivity index (χ1v) is 11.2. The second kappa shape index (κ2) is 9.80. The molecule has 4 rings (SSSR count). The normalized spacial score (nSPS) is 17.0. The first-order valence-electron chi connectivity index (χ1n) is 10.8. The molecule has 33 heavy (non-hydrogen) atoms. The molecule has 0 N–H and O–H groups in total. The molecule has 9 heteroatoms. The van der Waals surface area contributed by atoms with Crippen LogP contribution in [0.2, 0.25) is 5.02 Å². The monoisotopic (exact) mass is 471 g/mol. The third-order valence-corrected chi connectivity index (χ3v) is 5.78. The summed E-state index contributed by atoms with van der Waals surface area (Å²) >= 11 is 6.43. The van der Waals surface area contributed by atoms with Gasteiger partial charge in [0.15, 0.2) is 17.3 Å². The van der Waals surface area contributed by atoms with Crippen molar-refractivity contribution in [2.24, 2.45) is 0 Å². The molecule has 0 spiro atoms. The minimum atomic E-state index is -0.705. The molecule has 0 amide bonds. The van der Waals surface area contributed by atoms with Crippen LogP contribution in [0.1, 0.15) is 55.3 Å². The Bertz CT molecular complexity index is 1160. The zero-order chi connectivity index (χ0) is 23.5. The molecule has 1 aromatic heterocycles. The zero-order valence-electron chi connectivity index (χ0n) is 19.0.